The summed E-state index contributed by atoms with van der Waals surface area (Å²) in [4.78, 5) is 34.3. The highest BCUT2D eigenvalue weighted by molar-refractivity contribution is 6.04. The largest absolute Gasteiger partial charge is 0.465 e. The molecular formula is C14H11F2NO6. The minimum absolute atomic E-state index is 0.720. The van der Waals surface area contributed by atoms with E-state index in [2.05, 4.69) is 4.74 Å². The van der Waals surface area contributed by atoms with Gasteiger partial charge in [-0.05, 0) is 19.1 Å². The first kappa shape index (κ1) is 16.4. The number of hydrogen-bond acceptors (Lipinski definition) is 5. The Morgan fingerprint density at radius 1 is 1.30 bits per heavy atom. The van der Waals surface area contributed by atoms with Gasteiger partial charge in [0.1, 0.15) is 11.6 Å². The summed E-state index contributed by atoms with van der Waals surface area (Å²) in [6, 6.07) is 2.91. The first-order valence-corrected chi connectivity index (χ1v) is 6.27. The van der Waals surface area contributed by atoms with Gasteiger partial charge in [0.2, 0.25) is 17.2 Å². The van der Waals surface area contributed by atoms with Crippen LogP contribution in [0.15, 0.2) is 29.8 Å². The summed E-state index contributed by atoms with van der Waals surface area (Å²) < 4.78 is 37.7. The van der Waals surface area contributed by atoms with Crippen molar-refractivity contribution in [2.75, 3.05) is 0 Å². The van der Waals surface area contributed by atoms with Crippen molar-refractivity contribution in [3.05, 3.63) is 47.0 Å². The number of nitrogens with one attached hydrogen (secondary N) is 1. The Bertz CT molecular complexity index is 725. The van der Waals surface area contributed by atoms with Crippen molar-refractivity contribution in [2.24, 2.45) is 0 Å². The molecule has 9 heteroatoms. The molecule has 23 heavy (non-hydrogen) atoms. The van der Waals surface area contributed by atoms with Gasteiger partial charge in [-0.25, -0.2) is 13.6 Å². The van der Waals surface area contributed by atoms with E-state index >= 15 is 0 Å². The smallest absolute Gasteiger partial charge is 0.411 e. The minimum atomic E-state index is -2.22. The molecule has 0 aromatic heterocycles. The summed E-state index contributed by atoms with van der Waals surface area (Å²) in [6.07, 6.45) is -1.62. The van der Waals surface area contributed by atoms with Crippen LogP contribution in [0.1, 0.15) is 19.4 Å². The number of Topliss-reactive ketones (excluding diaryl/α,β-unsaturated/α-hetero) is 1. The zero-order valence-electron chi connectivity index (χ0n) is 12.0. The van der Waals surface area contributed by atoms with Gasteiger partial charge in [0.05, 0.1) is 5.56 Å². The number of carbonyl (C=O) groups is 3. The average molecular weight is 327 g/mol. The quantitative estimate of drug-likeness (QED) is 0.821. The summed E-state index contributed by atoms with van der Waals surface area (Å²) in [6.45, 7) is 2.01. The molecule has 7 nitrogen and oxygen atoms in total. The maximum atomic E-state index is 14.0. The summed E-state index contributed by atoms with van der Waals surface area (Å²) >= 11 is 0. The molecule has 1 atom stereocenters. The van der Waals surface area contributed by atoms with Gasteiger partial charge in [0.25, 0.3) is 5.78 Å². The molecule has 1 amide bonds. The third-order valence-electron chi connectivity index (χ3n) is 3.06. The molecule has 0 aliphatic carbocycles. The number of hydrogen-bond donors (Lipinski definition) is 2. The van der Waals surface area contributed by atoms with Gasteiger partial charge in [0.15, 0.2) is 0 Å². The van der Waals surface area contributed by atoms with Crippen LogP contribution in [0.4, 0.5) is 13.6 Å². The van der Waals surface area contributed by atoms with Crippen molar-refractivity contribution in [1.82, 2.24) is 5.32 Å². The highest BCUT2D eigenvalue weighted by atomic mass is 19.1. The van der Waals surface area contributed by atoms with E-state index in [0.29, 0.717) is 0 Å². The van der Waals surface area contributed by atoms with Gasteiger partial charge in [-0.1, -0.05) is 6.07 Å². The number of carboxylic acid groups (broad SMARTS) is 1. The van der Waals surface area contributed by atoms with Crippen molar-refractivity contribution in [3.63, 3.8) is 0 Å². The maximum Gasteiger partial charge on any atom is 0.411 e. The second-order valence-electron chi connectivity index (χ2n) is 4.74. The molecule has 0 saturated heterocycles. The van der Waals surface area contributed by atoms with Gasteiger partial charge >= 0.3 is 12.1 Å². The van der Waals surface area contributed by atoms with Gasteiger partial charge in [0, 0.05) is 6.92 Å². The molecule has 1 aromatic rings. The Balaban J connectivity index is 2.54. The predicted octanol–water partition coefficient (Wildman–Crippen LogP) is 1.78. The molecule has 1 aliphatic heterocycles. The van der Waals surface area contributed by atoms with Crippen molar-refractivity contribution in [1.29, 1.82) is 0 Å². The van der Waals surface area contributed by atoms with Gasteiger partial charge < -0.3 is 14.6 Å². The van der Waals surface area contributed by atoms with Gasteiger partial charge in [-0.3, -0.25) is 14.9 Å². The van der Waals surface area contributed by atoms with E-state index in [1.54, 1.807) is 5.32 Å². The molecule has 1 aliphatic rings. The maximum absolute atomic E-state index is 14.0. The molecule has 2 rings (SSSR count). The number of ketones is 1. The fourth-order valence-electron chi connectivity index (χ4n) is 2.15. The van der Waals surface area contributed by atoms with E-state index in [1.165, 1.54) is 0 Å². The third-order valence-corrected chi connectivity index (χ3v) is 3.06. The summed E-state index contributed by atoms with van der Waals surface area (Å²) in [5, 5.41) is 10.5. The van der Waals surface area contributed by atoms with Crippen LogP contribution in [-0.2, 0) is 24.7 Å². The normalized spacial score (nSPS) is 20.3. The molecular weight excluding hydrogens is 316 g/mol. The van der Waals surface area contributed by atoms with E-state index in [9.17, 15) is 23.2 Å². The van der Waals surface area contributed by atoms with Crippen molar-refractivity contribution < 1.29 is 37.7 Å². The first-order valence-electron chi connectivity index (χ1n) is 6.27. The molecule has 0 spiro atoms. The van der Waals surface area contributed by atoms with Crippen LogP contribution in [0.25, 0.3) is 0 Å². The molecule has 1 heterocycles. The number of halogens is 2. The topological polar surface area (TPSA) is 102 Å². The van der Waals surface area contributed by atoms with Crippen LogP contribution in [0.2, 0.25) is 0 Å². The Morgan fingerprint density at radius 3 is 2.35 bits per heavy atom. The molecule has 0 saturated carbocycles. The Morgan fingerprint density at radius 2 is 1.87 bits per heavy atom. The van der Waals surface area contributed by atoms with Gasteiger partial charge in [-0.15, -0.1) is 0 Å². The van der Waals surface area contributed by atoms with Crippen LogP contribution in [0, 0.1) is 11.6 Å². The van der Waals surface area contributed by atoms with E-state index in [0.717, 1.165) is 32.0 Å². The number of benzene rings is 1. The second-order valence-corrected chi connectivity index (χ2v) is 4.74. The van der Waals surface area contributed by atoms with E-state index < -0.39 is 52.3 Å². The summed E-state index contributed by atoms with van der Waals surface area (Å²) in [7, 11) is 0. The SMILES string of the molecule is CC(=O)OC1=C(NC(=O)O)OC(C)(c2c(F)cccc2F)C1=O. The third kappa shape index (κ3) is 2.85. The lowest BCUT2D eigenvalue weighted by molar-refractivity contribution is -0.142. The summed E-state index contributed by atoms with van der Waals surface area (Å²) in [5.41, 5.74) is -2.95. The number of carbonyl (C=O) groups excluding carboxylic acids is 2. The average Bonchev–Trinajstić information content (AvgIpc) is 2.62. The molecule has 0 bridgehead atoms. The van der Waals surface area contributed by atoms with Crippen molar-refractivity contribution in [2.45, 2.75) is 19.4 Å². The minimum Gasteiger partial charge on any atom is -0.465 e. The first-order chi connectivity index (χ1) is 10.7. The molecule has 1 aromatic carbocycles. The molecule has 122 valence electrons. The van der Waals surface area contributed by atoms with Crippen LogP contribution in [-0.4, -0.2) is 23.0 Å². The zero-order valence-corrected chi connectivity index (χ0v) is 12.0. The van der Waals surface area contributed by atoms with E-state index in [-0.39, 0.29) is 0 Å². The number of ether oxygens (including phenoxy) is 2. The molecule has 1 unspecified atom stereocenters. The molecule has 0 radical (unpaired) electrons. The highest BCUT2D eigenvalue weighted by Crippen LogP contribution is 2.40. The fraction of sp³-hybridized carbons (Fsp3) is 0.214. The van der Waals surface area contributed by atoms with Crippen molar-refractivity contribution in [3.8, 4) is 0 Å². The van der Waals surface area contributed by atoms with Crippen LogP contribution < -0.4 is 5.32 Å². The second kappa shape index (κ2) is 5.67. The number of rotatable bonds is 3. The van der Waals surface area contributed by atoms with Crippen LogP contribution in [0.3, 0.4) is 0 Å². The van der Waals surface area contributed by atoms with E-state index in [4.69, 9.17) is 9.84 Å². The zero-order chi connectivity index (χ0) is 17.4. The number of amides is 1. The van der Waals surface area contributed by atoms with Crippen LogP contribution >= 0.6 is 0 Å². The van der Waals surface area contributed by atoms with Gasteiger partial charge in [-0.2, -0.15) is 0 Å². The highest BCUT2D eigenvalue weighted by Gasteiger charge is 2.52. The molecule has 0 fully saturated rings. The van der Waals surface area contributed by atoms with Crippen LogP contribution in [0.5, 0.6) is 0 Å². The van der Waals surface area contributed by atoms with E-state index in [1.807, 2.05) is 0 Å². The lowest BCUT2D eigenvalue weighted by atomic mass is 9.90. The standard InChI is InChI=1S/C14H11F2NO6/c1-6(18)22-10-11(19)14(2,23-12(10)17-13(20)21)9-7(15)4-3-5-8(9)16/h3-5,17H,1-2H3,(H,20,21). The monoisotopic (exact) mass is 327 g/mol. The Hall–Kier alpha value is -2.97. The molecule has 2 N–H and O–H groups in total. The predicted molar refractivity (Wildman–Crippen MR) is 69.8 cm³/mol. The lowest BCUT2D eigenvalue weighted by Crippen LogP contribution is -2.34. The Kier molecular flexibility index (Phi) is 4.04. The lowest BCUT2D eigenvalue weighted by Gasteiger charge is -2.24. The Labute approximate surface area is 128 Å². The summed E-state index contributed by atoms with van der Waals surface area (Å²) in [5.74, 6) is -5.66. The fourth-order valence-corrected chi connectivity index (χ4v) is 2.15. The van der Waals surface area contributed by atoms with Crippen molar-refractivity contribution >= 4 is 17.8 Å². The number of esters is 1.